The van der Waals surface area contributed by atoms with E-state index in [0.717, 1.165) is 6.42 Å². The van der Waals surface area contributed by atoms with Crippen LogP contribution >= 0.6 is 7.60 Å². The maximum absolute atomic E-state index is 10.8. The Morgan fingerprint density at radius 2 is 1.92 bits per heavy atom. The maximum atomic E-state index is 10.8. The van der Waals surface area contributed by atoms with Crippen molar-refractivity contribution in [1.29, 1.82) is 0 Å². The summed E-state index contributed by atoms with van der Waals surface area (Å²) in [5.41, 5.74) is -1.09. The van der Waals surface area contributed by atoms with Crippen molar-refractivity contribution in [2.75, 3.05) is 0 Å². The van der Waals surface area contributed by atoms with E-state index in [9.17, 15) is 9.36 Å². The van der Waals surface area contributed by atoms with Crippen molar-refractivity contribution in [1.82, 2.24) is 0 Å². The molecule has 0 fully saturated rings. The van der Waals surface area contributed by atoms with E-state index in [4.69, 9.17) is 9.79 Å². The van der Waals surface area contributed by atoms with Gasteiger partial charge in [0, 0.05) is 0 Å². The third-order valence-corrected chi connectivity index (χ3v) is 3.14. The van der Waals surface area contributed by atoms with Crippen LogP contribution < -0.4 is 0 Å². The fraction of sp³-hybridized carbons (Fsp3) is 0.857. The normalized spacial score (nSPS) is 13.2. The van der Waals surface area contributed by atoms with E-state index < -0.39 is 19.0 Å². The Kier molecular flexibility index (Phi) is 8.95. The molecule has 74 valence electrons. The van der Waals surface area contributed by atoms with E-state index in [-0.39, 0.29) is 36.0 Å². The average molecular weight is 218 g/mol. The van der Waals surface area contributed by atoms with Gasteiger partial charge in [-0.15, -0.1) is 0 Å². The summed E-state index contributed by atoms with van der Waals surface area (Å²) in [5.74, 6) is -0.420. The van der Waals surface area contributed by atoms with Gasteiger partial charge in [0.1, 0.15) is 11.4 Å². The Morgan fingerprint density at radius 1 is 1.46 bits per heavy atom. The Morgan fingerprint density at radius 3 is 2.15 bits per heavy atom. The summed E-state index contributed by atoms with van der Waals surface area (Å²) < 4.78 is 10.8. The topological polar surface area (TPSA) is 74.6 Å². The van der Waals surface area contributed by atoms with Crippen LogP contribution in [0, 0.1) is 0 Å². The first kappa shape index (κ1) is 16.3. The van der Waals surface area contributed by atoms with Crippen LogP contribution in [0.15, 0.2) is 0 Å². The van der Waals surface area contributed by atoms with E-state index in [1.165, 1.54) is 6.92 Å². The van der Waals surface area contributed by atoms with Crippen LogP contribution in [0.1, 0.15) is 33.1 Å². The second kappa shape index (κ2) is 7.16. The van der Waals surface area contributed by atoms with Crippen LogP contribution in [0.4, 0.5) is 0 Å². The first-order chi connectivity index (χ1) is 5.39. The Labute approximate surface area is 101 Å². The first-order valence-electron chi connectivity index (χ1n) is 3.95. The molecule has 4 nitrogen and oxygen atoms in total. The van der Waals surface area contributed by atoms with Gasteiger partial charge >= 0.3 is 37.2 Å². The van der Waals surface area contributed by atoms with Crippen LogP contribution in [0.25, 0.3) is 0 Å². The molecule has 0 aromatic rings. The molecule has 0 aromatic carbocycles. The number of rotatable bonds is 5. The van der Waals surface area contributed by atoms with Gasteiger partial charge < -0.3 is 9.79 Å². The van der Waals surface area contributed by atoms with Gasteiger partial charge in [-0.2, -0.15) is 0 Å². The van der Waals surface area contributed by atoms with Crippen molar-refractivity contribution >= 4 is 42.9 Å². The minimum atomic E-state index is -4.21. The number of carbonyl (C=O) groups excluding carboxylic acids is 1. The SMILES string of the molecule is CCCCC(C(C)=O)P(=O)(O)O.[NaH]. The van der Waals surface area contributed by atoms with E-state index in [0.29, 0.717) is 6.42 Å². The number of unbranched alkanes of at least 4 members (excludes halogenated alkanes) is 1. The van der Waals surface area contributed by atoms with Gasteiger partial charge in [0.15, 0.2) is 0 Å². The van der Waals surface area contributed by atoms with Crippen molar-refractivity contribution in [2.24, 2.45) is 0 Å². The molecule has 0 rings (SSSR count). The van der Waals surface area contributed by atoms with E-state index in [1.54, 1.807) is 0 Å². The molecule has 0 radical (unpaired) electrons. The van der Waals surface area contributed by atoms with Crippen molar-refractivity contribution in [3.05, 3.63) is 0 Å². The van der Waals surface area contributed by atoms with Gasteiger partial charge in [-0.05, 0) is 13.3 Å². The van der Waals surface area contributed by atoms with Crippen molar-refractivity contribution < 1.29 is 19.1 Å². The zero-order valence-corrected chi connectivity index (χ0v) is 8.25. The average Bonchev–Trinajstić information content (AvgIpc) is 1.84. The fourth-order valence-corrected chi connectivity index (χ4v) is 2.00. The summed E-state index contributed by atoms with van der Waals surface area (Å²) in [6.07, 6.45) is 1.80. The van der Waals surface area contributed by atoms with Crippen molar-refractivity contribution in [3.63, 3.8) is 0 Å². The predicted molar refractivity (Wildman–Crippen MR) is 53.2 cm³/mol. The molecule has 0 amide bonds. The predicted octanol–water partition coefficient (Wildman–Crippen LogP) is 0.663. The standard InChI is InChI=1S/C7H15O4P.Na.H/c1-3-4-5-7(6(2)8)12(9,10)11;;/h7H,3-5H2,1-2H3,(H2,9,10,11);;. The third kappa shape index (κ3) is 6.83. The molecule has 2 N–H and O–H groups in total. The molecule has 0 bridgehead atoms. The molecular formula is C7H16NaO4P. The molecular weight excluding hydrogens is 202 g/mol. The van der Waals surface area contributed by atoms with Crippen LogP contribution in [-0.4, -0.2) is 50.8 Å². The quantitative estimate of drug-likeness (QED) is 0.525. The second-order valence-corrected chi connectivity index (χ2v) is 4.66. The van der Waals surface area contributed by atoms with Gasteiger partial charge in [0.05, 0.1) is 0 Å². The summed E-state index contributed by atoms with van der Waals surface area (Å²) in [5, 5.41) is 0. The fourth-order valence-electron chi connectivity index (χ4n) is 1.01. The molecule has 0 heterocycles. The monoisotopic (exact) mass is 218 g/mol. The Balaban J connectivity index is 0. The van der Waals surface area contributed by atoms with Crippen molar-refractivity contribution in [2.45, 2.75) is 38.8 Å². The van der Waals surface area contributed by atoms with E-state index >= 15 is 0 Å². The molecule has 0 spiro atoms. The zero-order valence-electron chi connectivity index (χ0n) is 7.36. The number of hydrogen-bond donors (Lipinski definition) is 2. The number of Topliss-reactive ketones (excluding diaryl/α,β-unsaturated/α-hetero) is 1. The Hall–Kier alpha value is 0.820. The summed E-state index contributed by atoms with van der Waals surface area (Å²) in [4.78, 5) is 28.3. The van der Waals surface area contributed by atoms with Crippen LogP contribution in [0.3, 0.4) is 0 Å². The number of hydrogen-bond acceptors (Lipinski definition) is 2. The number of carbonyl (C=O) groups is 1. The molecule has 0 aromatic heterocycles. The van der Waals surface area contributed by atoms with E-state index in [1.807, 2.05) is 6.92 Å². The molecule has 6 heteroatoms. The molecule has 0 saturated carbocycles. The molecule has 1 atom stereocenters. The van der Waals surface area contributed by atoms with Gasteiger partial charge in [-0.1, -0.05) is 19.8 Å². The summed E-state index contributed by atoms with van der Waals surface area (Å²) in [6.45, 7) is 3.14. The number of ketones is 1. The van der Waals surface area contributed by atoms with E-state index in [2.05, 4.69) is 0 Å². The molecule has 1 unspecified atom stereocenters. The molecule has 0 saturated heterocycles. The minimum absolute atomic E-state index is 0. The van der Waals surface area contributed by atoms with Crippen molar-refractivity contribution in [3.8, 4) is 0 Å². The van der Waals surface area contributed by atoms with Crippen LogP contribution in [0.5, 0.6) is 0 Å². The molecule has 13 heavy (non-hydrogen) atoms. The molecule has 0 aliphatic rings. The summed E-state index contributed by atoms with van der Waals surface area (Å²) in [7, 11) is -4.21. The zero-order chi connectivity index (χ0) is 9.78. The van der Waals surface area contributed by atoms with Crippen LogP contribution in [-0.2, 0) is 9.36 Å². The summed E-state index contributed by atoms with van der Waals surface area (Å²) in [6, 6.07) is 0. The van der Waals surface area contributed by atoms with Gasteiger partial charge in [0.25, 0.3) is 0 Å². The van der Waals surface area contributed by atoms with Gasteiger partial charge in [0.2, 0.25) is 0 Å². The second-order valence-electron chi connectivity index (χ2n) is 2.86. The third-order valence-electron chi connectivity index (χ3n) is 1.71. The van der Waals surface area contributed by atoms with Gasteiger partial charge in [-0.3, -0.25) is 9.36 Å². The molecule has 0 aliphatic heterocycles. The first-order valence-corrected chi connectivity index (χ1v) is 5.63. The van der Waals surface area contributed by atoms with Gasteiger partial charge in [-0.25, -0.2) is 0 Å². The Bertz CT molecular complexity index is 201. The van der Waals surface area contributed by atoms with Crippen LogP contribution in [0.2, 0.25) is 0 Å². The summed E-state index contributed by atoms with van der Waals surface area (Å²) >= 11 is 0. The molecule has 0 aliphatic carbocycles.